The molecule has 0 fully saturated rings. The Hall–Kier alpha value is -3.27. The van der Waals surface area contributed by atoms with E-state index in [4.69, 9.17) is 9.47 Å². The van der Waals surface area contributed by atoms with E-state index < -0.39 is 32.5 Å². The van der Waals surface area contributed by atoms with Crippen molar-refractivity contribution in [1.29, 1.82) is 0 Å². The first-order valence-electron chi connectivity index (χ1n) is 10.00. The second-order valence-corrected chi connectivity index (χ2v) is 9.10. The van der Waals surface area contributed by atoms with Gasteiger partial charge in [0.2, 0.25) is 0 Å². The third-order valence-corrected chi connectivity index (χ3v) is 6.85. The van der Waals surface area contributed by atoms with Gasteiger partial charge < -0.3 is 9.47 Å². The molecule has 1 heterocycles. The molecule has 0 saturated heterocycles. The zero-order valence-corrected chi connectivity index (χ0v) is 18.2. The molecule has 1 aliphatic heterocycles. The predicted molar refractivity (Wildman–Crippen MR) is 114 cm³/mol. The number of halogens is 4. The van der Waals surface area contributed by atoms with Crippen molar-refractivity contribution < 1.29 is 35.5 Å². The summed E-state index contributed by atoms with van der Waals surface area (Å²) in [6.45, 7) is 2.03. The van der Waals surface area contributed by atoms with Gasteiger partial charge in [-0.3, -0.25) is 4.31 Å². The maximum atomic E-state index is 14.1. The van der Waals surface area contributed by atoms with Crippen LogP contribution in [0.15, 0.2) is 65.6 Å². The van der Waals surface area contributed by atoms with Gasteiger partial charge in [-0.2, -0.15) is 13.2 Å². The maximum absolute atomic E-state index is 14.1. The fourth-order valence-corrected chi connectivity index (χ4v) is 5.06. The molecule has 1 aliphatic rings. The third-order valence-electron chi connectivity index (χ3n) is 5.04. The Morgan fingerprint density at radius 3 is 2.55 bits per heavy atom. The van der Waals surface area contributed by atoms with Crippen LogP contribution in [0.3, 0.4) is 0 Å². The Morgan fingerprint density at radius 1 is 1.03 bits per heavy atom. The van der Waals surface area contributed by atoms with Crippen LogP contribution in [0.4, 0.5) is 23.2 Å². The molecule has 33 heavy (non-hydrogen) atoms. The summed E-state index contributed by atoms with van der Waals surface area (Å²) in [6.07, 6.45) is -4.68. The molecular formula is C23H19F4NO4S. The molecule has 0 aromatic heterocycles. The van der Waals surface area contributed by atoms with Crippen molar-refractivity contribution in [1.82, 2.24) is 0 Å². The van der Waals surface area contributed by atoms with Gasteiger partial charge in [0.25, 0.3) is 10.0 Å². The maximum Gasteiger partial charge on any atom is 0.416 e. The zero-order valence-electron chi connectivity index (χ0n) is 17.4. The number of rotatable bonds is 5. The molecule has 0 spiro atoms. The molecule has 3 aromatic rings. The van der Waals surface area contributed by atoms with Gasteiger partial charge in [-0.25, -0.2) is 12.8 Å². The van der Waals surface area contributed by atoms with Gasteiger partial charge in [0.15, 0.2) is 0 Å². The fraction of sp³-hybridized carbons (Fsp3) is 0.217. The van der Waals surface area contributed by atoms with Crippen molar-refractivity contribution >= 4 is 15.7 Å². The van der Waals surface area contributed by atoms with Crippen molar-refractivity contribution in [3.8, 4) is 22.6 Å². The molecule has 3 aromatic carbocycles. The first-order chi connectivity index (χ1) is 15.6. The number of sulfonamides is 1. The molecule has 5 nitrogen and oxygen atoms in total. The van der Waals surface area contributed by atoms with E-state index in [-0.39, 0.29) is 24.6 Å². The van der Waals surface area contributed by atoms with Gasteiger partial charge in [0, 0.05) is 6.07 Å². The van der Waals surface area contributed by atoms with Crippen molar-refractivity contribution in [2.24, 2.45) is 0 Å². The number of hydrogen-bond acceptors (Lipinski definition) is 4. The second-order valence-electron chi connectivity index (χ2n) is 7.24. The minimum absolute atomic E-state index is 0.0268. The Labute approximate surface area is 188 Å². The molecule has 0 atom stereocenters. The highest BCUT2D eigenvalue weighted by molar-refractivity contribution is 7.92. The van der Waals surface area contributed by atoms with Gasteiger partial charge in [-0.05, 0) is 60.5 Å². The van der Waals surface area contributed by atoms with Crippen LogP contribution in [-0.2, 0) is 16.2 Å². The summed E-state index contributed by atoms with van der Waals surface area (Å²) in [6, 6.07) is 12.4. The molecule has 4 rings (SSSR count). The van der Waals surface area contributed by atoms with Crippen molar-refractivity contribution in [3.05, 3.63) is 72.0 Å². The normalized spacial score (nSPS) is 13.9. The lowest BCUT2D eigenvalue weighted by atomic mass is 10.0. The van der Waals surface area contributed by atoms with Crippen LogP contribution in [0, 0.1) is 5.82 Å². The number of anilines is 1. The van der Waals surface area contributed by atoms with E-state index in [0.29, 0.717) is 29.5 Å². The first-order valence-corrected chi connectivity index (χ1v) is 11.4. The van der Waals surface area contributed by atoms with E-state index >= 15 is 0 Å². The van der Waals surface area contributed by atoms with Crippen LogP contribution in [0.1, 0.15) is 12.5 Å². The molecule has 0 unspecified atom stereocenters. The smallest absolute Gasteiger partial charge is 0.416 e. The molecular weight excluding hydrogens is 462 g/mol. The summed E-state index contributed by atoms with van der Waals surface area (Å²) in [5, 5.41) is 0. The summed E-state index contributed by atoms with van der Waals surface area (Å²) < 4.78 is 92.0. The van der Waals surface area contributed by atoms with E-state index in [1.807, 2.05) is 0 Å². The summed E-state index contributed by atoms with van der Waals surface area (Å²) in [5.41, 5.74) is 0.0274. The number of ether oxygens (including phenoxy) is 2. The quantitative estimate of drug-likeness (QED) is 0.452. The van der Waals surface area contributed by atoms with Crippen LogP contribution in [0.2, 0.25) is 0 Å². The molecule has 0 bridgehead atoms. The molecule has 174 valence electrons. The highest BCUT2D eigenvalue weighted by Crippen LogP contribution is 2.40. The van der Waals surface area contributed by atoms with Crippen LogP contribution >= 0.6 is 0 Å². The van der Waals surface area contributed by atoms with E-state index in [2.05, 4.69) is 0 Å². The van der Waals surface area contributed by atoms with Gasteiger partial charge in [0.1, 0.15) is 23.9 Å². The highest BCUT2D eigenvalue weighted by atomic mass is 32.2. The van der Waals surface area contributed by atoms with Gasteiger partial charge >= 0.3 is 6.18 Å². The van der Waals surface area contributed by atoms with Crippen LogP contribution < -0.4 is 13.8 Å². The molecule has 0 amide bonds. The van der Waals surface area contributed by atoms with E-state index in [1.54, 1.807) is 25.1 Å². The monoisotopic (exact) mass is 481 g/mol. The molecule has 0 radical (unpaired) electrons. The van der Waals surface area contributed by atoms with E-state index in [9.17, 15) is 26.0 Å². The lowest BCUT2D eigenvalue weighted by molar-refractivity contribution is -0.137. The van der Waals surface area contributed by atoms with E-state index in [1.165, 1.54) is 18.2 Å². The zero-order chi connectivity index (χ0) is 23.8. The lowest BCUT2D eigenvalue weighted by Crippen LogP contribution is -2.38. The van der Waals surface area contributed by atoms with Crippen molar-refractivity contribution in [3.63, 3.8) is 0 Å². The Balaban J connectivity index is 1.78. The van der Waals surface area contributed by atoms with Crippen molar-refractivity contribution in [2.75, 3.05) is 24.1 Å². The van der Waals surface area contributed by atoms with Crippen LogP contribution in [0.25, 0.3) is 11.1 Å². The SMILES string of the molecule is CCOc1cc(F)cc(-c2ccc3c(c2)N(S(=O)(=O)c2cccc(C(F)(F)F)c2)CCO3)c1. The fourth-order valence-electron chi connectivity index (χ4n) is 3.56. The van der Waals surface area contributed by atoms with Crippen molar-refractivity contribution in [2.45, 2.75) is 18.0 Å². The molecule has 0 aliphatic carbocycles. The highest BCUT2D eigenvalue weighted by Gasteiger charge is 2.34. The second kappa shape index (κ2) is 8.58. The van der Waals surface area contributed by atoms with Gasteiger partial charge in [0.05, 0.1) is 29.3 Å². The molecule has 0 N–H and O–H groups in total. The standard InChI is InChI=1S/C23H19F4NO4S/c1-2-31-19-11-16(10-18(24)14-19)15-6-7-22-21(12-15)28(8-9-32-22)33(29,30)20-5-3-4-17(13-20)23(25,26)27/h3-7,10-14H,2,8-9H2,1H3. The number of hydrogen-bond donors (Lipinski definition) is 0. The Kier molecular flexibility index (Phi) is 5.96. The largest absolute Gasteiger partial charge is 0.494 e. The number of benzene rings is 3. The van der Waals surface area contributed by atoms with E-state index in [0.717, 1.165) is 22.5 Å². The first kappa shape index (κ1) is 22.9. The minimum atomic E-state index is -4.68. The average molecular weight is 481 g/mol. The number of fused-ring (bicyclic) bond motifs is 1. The number of nitrogens with zero attached hydrogens (tertiary/aromatic N) is 1. The van der Waals surface area contributed by atoms with Crippen LogP contribution in [-0.4, -0.2) is 28.2 Å². The average Bonchev–Trinajstić information content (AvgIpc) is 2.77. The summed E-state index contributed by atoms with van der Waals surface area (Å²) in [5.74, 6) is 0.0373. The Morgan fingerprint density at radius 2 is 1.82 bits per heavy atom. The minimum Gasteiger partial charge on any atom is -0.494 e. The molecule has 0 saturated carbocycles. The summed E-state index contributed by atoms with van der Waals surface area (Å²) in [4.78, 5) is -0.486. The topological polar surface area (TPSA) is 55.8 Å². The number of alkyl halides is 3. The Bertz CT molecular complexity index is 1290. The summed E-state index contributed by atoms with van der Waals surface area (Å²) in [7, 11) is -4.33. The lowest BCUT2D eigenvalue weighted by Gasteiger charge is -2.31. The van der Waals surface area contributed by atoms with Crippen LogP contribution in [0.5, 0.6) is 11.5 Å². The van der Waals surface area contributed by atoms with Gasteiger partial charge in [-0.15, -0.1) is 0 Å². The third kappa shape index (κ3) is 4.61. The predicted octanol–water partition coefficient (Wildman–Crippen LogP) is 5.50. The van der Waals surface area contributed by atoms with Gasteiger partial charge in [-0.1, -0.05) is 12.1 Å². The molecule has 10 heteroatoms. The summed E-state index contributed by atoms with van der Waals surface area (Å²) >= 11 is 0.